The van der Waals surface area contributed by atoms with Gasteiger partial charge in [0.1, 0.15) is 23.6 Å². The smallest absolute Gasteiger partial charge is 0.282 e. The van der Waals surface area contributed by atoms with E-state index in [1.165, 1.54) is 16.9 Å². The minimum Gasteiger partial charge on any atom is -0.387 e. The number of hydrogen-bond acceptors (Lipinski definition) is 8. The Morgan fingerprint density at radius 3 is 2.71 bits per heavy atom. The topological polar surface area (TPSA) is 111 Å². The Bertz CT molecular complexity index is 1530. The van der Waals surface area contributed by atoms with E-state index in [0.717, 1.165) is 52.5 Å². The highest BCUT2D eigenvalue weighted by Crippen LogP contribution is 2.37. The number of aromatic nitrogens is 3. The van der Waals surface area contributed by atoms with Crippen LogP contribution in [0.2, 0.25) is 0 Å². The number of amides is 1. The lowest BCUT2D eigenvalue weighted by Gasteiger charge is -2.31. The first-order valence-electron chi connectivity index (χ1n) is 13.8. The number of nitrogens with two attached hydrogens (primary N) is 1. The molecule has 1 saturated heterocycles. The summed E-state index contributed by atoms with van der Waals surface area (Å²) >= 11 is 1.54. The van der Waals surface area contributed by atoms with Gasteiger partial charge >= 0.3 is 0 Å². The number of thiazole rings is 1. The number of oxime groups is 1. The summed E-state index contributed by atoms with van der Waals surface area (Å²) in [6, 6.07) is 6.77. The number of likely N-dealkylation sites (tertiary alicyclic amines) is 1. The number of carbonyl (C=O) groups is 1. The van der Waals surface area contributed by atoms with E-state index in [9.17, 15) is 22.4 Å². The summed E-state index contributed by atoms with van der Waals surface area (Å²) in [5.74, 6) is 5.32. The van der Waals surface area contributed by atoms with Crippen LogP contribution in [0.5, 0.6) is 0 Å². The molecule has 0 saturated carbocycles. The lowest BCUT2D eigenvalue weighted by atomic mass is 9.84. The fourth-order valence-electron chi connectivity index (χ4n) is 5.93. The molecule has 14 heteroatoms. The molecule has 222 valence electrons. The van der Waals surface area contributed by atoms with Crippen molar-refractivity contribution in [2.45, 2.75) is 69.9 Å². The molecule has 2 aromatic heterocycles. The number of fused-ring (bicyclic) bond motifs is 1. The number of hydrogen-bond donors (Lipinski definition) is 1. The van der Waals surface area contributed by atoms with E-state index in [-0.39, 0.29) is 12.0 Å². The van der Waals surface area contributed by atoms with Crippen molar-refractivity contribution in [3.63, 3.8) is 0 Å². The average molecular weight is 604 g/mol. The second-order valence-electron chi connectivity index (χ2n) is 10.6. The Hall–Kier alpha value is -3.81. The summed E-state index contributed by atoms with van der Waals surface area (Å²) in [4.78, 5) is 25.1. The van der Waals surface area contributed by atoms with Crippen molar-refractivity contribution >= 4 is 28.7 Å². The van der Waals surface area contributed by atoms with E-state index < -0.39 is 36.7 Å². The molecule has 1 amide bonds. The fraction of sp³-hybridized carbons (Fsp3) is 0.464. The Kier molecular flexibility index (Phi) is 7.97. The summed E-state index contributed by atoms with van der Waals surface area (Å²) in [7, 11) is 0. The predicted molar refractivity (Wildman–Crippen MR) is 148 cm³/mol. The fourth-order valence-corrected chi connectivity index (χ4v) is 6.93. The Morgan fingerprint density at radius 1 is 1.17 bits per heavy atom. The van der Waals surface area contributed by atoms with Crippen LogP contribution in [0.3, 0.4) is 0 Å². The lowest BCUT2D eigenvalue weighted by Crippen LogP contribution is -2.40. The summed E-state index contributed by atoms with van der Waals surface area (Å²) in [6.07, 6.45) is -1.53. The molecule has 1 unspecified atom stereocenters. The van der Waals surface area contributed by atoms with Crippen molar-refractivity contribution in [2.75, 3.05) is 13.1 Å². The number of alkyl halides is 4. The second kappa shape index (κ2) is 11.8. The quantitative estimate of drug-likeness (QED) is 0.218. The van der Waals surface area contributed by atoms with Crippen LogP contribution in [0.25, 0.3) is 0 Å². The number of hydrazone groups is 1. The van der Waals surface area contributed by atoms with Gasteiger partial charge in [-0.05, 0) is 49.3 Å². The molecule has 3 aliphatic rings. The zero-order valence-electron chi connectivity index (χ0n) is 22.6. The third kappa shape index (κ3) is 5.51. The van der Waals surface area contributed by atoms with Crippen LogP contribution in [-0.2, 0) is 22.6 Å². The van der Waals surface area contributed by atoms with Crippen molar-refractivity contribution in [3.8, 4) is 0 Å². The lowest BCUT2D eigenvalue weighted by molar-refractivity contribution is -0.133. The summed E-state index contributed by atoms with van der Waals surface area (Å²) in [5, 5.41) is 14.8. The number of rotatable bonds is 7. The van der Waals surface area contributed by atoms with Crippen LogP contribution >= 0.6 is 11.3 Å². The van der Waals surface area contributed by atoms with Gasteiger partial charge in [0.15, 0.2) is 6.10 Å². The van der Waals surface area contributed by atoms with Crippen LogP contribution in [-0.4, -0.2) is 50.1 Å². The normalized spacial score (nSPS) is 20.3. The molecular weight excluding hydrogens is 574 g/mol. The molecule has 42 heavy (non-hydrogen) atoms. The van der Waals surface area contributed by atoms with Crippen molar-refractivity contribution in [1.82, 2.24) is 19.7 Å². The molecule has 1 aliphatic carbocycles. The molecule has 9 nitrogen and oxygen atoms in total. The first-order valence-corrected chi connectivity index (χ1v) is 14.7. The van der Waals surface area contributed by atoms with Crippen molar-refractivity contribution in [2.24, 2.45) is 16.1 Å². The van der Waals surface area contributed by atoms with Gasteiger partial charge in [0, 0.05) is 36.4 Å². The SMILES string of the molecule is N/N=C1\CCCc2c1cccc2C1CC(c2csc(C3CCN(C(=O)Cn4nc(C(F)F)cc4C(F)F)CC3)n2)=NO1. The summed E-state index contributed by atoms with van der Waals surface area (Å²) in [6.45, 7) is 0.305. The first kappa shape index (κ1) is 28.3. The van der Waals surface area contributed by atoms with Gasteiger partial charge in [0.05, 0.1) is 16.4 Å². The minimum atomic E-state index is -3.01. The zero-order valence-corrected chi connectivity index (χ0v) is 23.4. The van der Waals surface area contributed by atoms with Gasteiger partial charge in [-0.1, -0.05) is 23.4 Å². The number of nitrogens with zero attached hydrogens (tertiary/aromatic N) is 6. The Balaban J connectivity index is 1.06. The molecule has 1 aromatic carbocycles. The van der Waals surface area contributed by atoms with Crippen LogP contribution in [0.15, 0.2) is 39.9 Å². The van der Waals surface area contributed by atoms with E-state index in [1.807, 2.05) is 17.5 Å². The largest absolute Gasteiger partial charge is 0.387 e. The zero-order chi connectivity index (χ0) is 29.4. The first-order chi connectivity index (χ1) is 20.3. The molecule has 4 heterocycles. The molecule has 2 aliphatic heterocycles. The molecule has 1 fully saturated rings. The summed E-state index contributed by atoms with van der Waals surface area (Å²) < 4.78 is 53.2. The van der Waals surface area contributed by atoms with E-state index in [2.05, 4.69) is 21.4 Å². The maximum Gasteiger partial charge on any atom is 0.282 e. The highest BCUT2D eigenvalue weighted by atomic mass is 32.1. The number of piperidine rings is 1. The van der Waals surface area contributed by atoms with E-state index in [4.69, 9.17) is 15.7 Å². The van der Waals surface area contributed by atoms with Gasteiger partial charge in [-0.3, -0.25) is 9.48 Å². The standard InChI is InChI=1S/C28H29F4N7O2S/c29-26(30)21-11-23(27(31)32)39(36-21)13-25(40)38-9-7-15(8-10-38)28-34-22(14-42-28)20-12-24(41-37-20)18-5-1-4-17-16(18)3-2-6-19(17)35-33/h1,4-5,11,14-15,24,26-27H,2-3,6-10,12-13,33H2/b35-19+. The molecular formula is C28H29F4N7O2S. The molecule has 1 atom stereocenters. The average Bonchev–Trinajstić information content (AvgIpc) is 3.76. The van der Waals surface area contributed by atoms with E-state index in [1.54, 1.807) is 4.90 Å². The highest BCUT2D eigenvalue weighted by Gasteiger charge is 2.32. The van der Waals surface area contributed by atoms with Crippen LogP contribution in [0, 0.1) is 0 Å². The minimum absolute atomic E-state index is 0.133. The van der Waals surface area contributed by atoms with Gasteiger partial charge in [0.25, 0.3) is 12.9 Å². The Morgan fingerprint density at radius 2 is 1.98 bits per heavy atom. The van der Waals surface area contributed by atoms with Crippen molar-refractivity contribution < 1.29 is 27.2 Å². The van der Waals surface area contributed by atoms with Gasteiger partial charge < -0.3 is 15.6 Å². The molecule has 0 bridgehead atoms. The molecule has 0 radical (unpaired) electrons. The maximum atomic E-state index is 13.3. The van der Waals surface area contributed by atoms with Crippen LogP contribution < -0.4 is 5.84 Å². The van der Waals surface area contributed by atoms with Gasteiger partial charge in [-0.15, -0.1) is 11.3 Å². The summed E-state index contributed by atoms with van der Waals surface area (Å²) in [5.41, 5.74) is 4.41. The second-order valence-corrected chi connectivity index (χ2v) is 11.5. The monoisotopic (exact) mass is 603 g/mol. The highest BCUT2D eigenvalue weighted by molar-refractivity contribution is 7.10. The van der Waals surface area contributed by atoms with E-state index in [0.29, 0.717) is 43.1 Å². The Labute approximate surface area is 243 Å². The van der Waals surface area contributed by atoms with Crippen molar-refractivity contribution in [3.05, 3.63) is 68.4 Å². The van der Waals surface area contributed by atoms with Gasteiger partial charge in [0.2, 0.25) is 5.91 Å². The van der Waals surface area contributed by atoms with Gasteiger partial charge in [-0.2, -0.15) is 10.2 Å². The molecule has 2 N–H and O–H groups in total. The predicted octanol–water partition coefficient (Wildman–Crippen LogP) is 5.49. The molecule has 6 rings (SSSR count). The number of carbonyl (C=O) groups excluding carboxylic acids is 1. The van der Waals surface area contributed by atoms with Crippen LogP contribution in [0.4, 0.5) is 17.6 Å². The third-order valence-electron chi connectivity index (χ3n) is 8.11. The number of benzene rings is 1. The van der Waals surface area contributed by atoms with E-state index >= 15 is 0 Å². The van der Waals surface area contributed by atoms with Crippen molar-refractivity contribution in [1.29, 1.82) is 0 Å². The number of halogens is 4. The molecule has 0 spiro atoms. The van der Waals surface area contributed by atoms with Gasteiger partial charge in [-0.25, -0.2) is 22.5 Å². The van der Waals surface area contributed by atoms with Crippen LogP contribution in [0.1, 0.15) is 95.8 Å². The maximum absolute atomic E-state index is 13.3. The third-order valence-corrected chi connectivity index (χ3v) is 9.12. The molecule has 3 aromatic rings.